The maximum absolute atomic E-state index is 12.8. The number of nitrogens with zero attached hydrogens (tertiary/aromatic N) is 1. The number of ether oxygens (including phenoxy) is 1. The van der Waals surface area contributed by atoms with E-state index in [-0.39, 0.29) is 18.4 Å². The fourth-order valence-electron chi connectivity index (χ4n) is 3.88. The van der Waals surface area contributed by atoms with Gasteiger partial charge in [-0.1, -0.05) is 60.7 Å². The molecular formula is C31H31N3O3. The molecule has 0 saturated heterocycles. The van der Waals surface area contributed by atoms with Gasteiger partial charge in [0.2, 0.25) is 5.91 Å². The predicted molar refractivity (Wildman–Crippen MR) is 149 cm³/mol. The molecule has 0 unspecified atom stereocenters. The third-order valence-electron chi connectivity index (χ3n) is 5.90. The highest BCUT2D eigenvalue weighted by Crippen LogP contribution is 2.24. The molecule has 188 valence electrons. The molecule has 0 aliphatic rings. The number of aryl methyl sites for hydroxylation is 1. The van der Waals surface area contributed by atoms with E-state index in [0.29, 0.717) is 23.6 Å². The smallest absolute Gasteiger partial charge is 0.258 e. The van der Waals surface area contributed by atoms with Crippen LogP contribution in [0, 0.1) is 0 Å². The Kier molecular flexibility index (Phi) is 8.92. The first-order valence-corrected chi connectivity index (χ1v) is 12.3. The van der Waals surface area contributed by atoms with Gasteiger partial charge in [-0.15, -0.1) is 0 Å². The van der Waals surface area contributed by atoms with Crippen molar-refractivity contribution in [3.63, 3.8) is 0 Å². The van der Waals surface area contributed by atoms with Gasteiger partial charge in [0.05, 0.1) is 18.8 Å². The van der Waals surface area contributed by atoms with Crippen LogP contribution < -0.4 is 20.3 Å². The van der Waals surface area contributed by atoms with E-state index in [4.69, 9.17) is 4.74 Å². The van der Waals surface area contributed by atoms with Crippen molar-refractivity contribution in [3.8, 4) is 5.75 Å². The molecule has 6 nitrogen and oxygen atoms in total. The third-order valence-corrected chi connectivity index (χ3v) is 5.90. The van der Waals surface area contributed by atoms with E-state index < -0.39 is 0 Å². The van der Waals surface area contributed by atoms with Crippen LogP contribution in [0.5, 0.6) is 5.75 Å². The maximum Gasteiger partial charge on any atom is 0.258 e. The van der Waals surface area contributed by atoms with Crippen molar-refractivity contribution in [1.29, 1.82) is 0 Å². The highest BCUT2D eigenvalue weighted by atomic mass is 16.5. The largest absolute Gasteiger partial charge is 0.491 e. The Morgan fingerprint density at radius 2 is 1.43 bits per heavy atom. The highest BCUT2D eigenvalue weighted by Gasteiger charge is 2.13. The quantitative estimate of drug-likeness (QED) is 0.251. The minimum absolute atomic E-state index is 0.0851. The summed E-state index contributed by atoms with van der Waals surface area (Å²) in [5.41, 5.74) is 4.03. The number of amides is 2. The van der Waals surface area contributed by atoms with Gasteiger partial charge >= 0.3 is 0 Å². The molecule has 6 heteroatoms. The molecule has 2 N–H and O–H groups in total. The summed E-state index contributed by atoms with van der Waals surface area (Å²) in [7, 11) is 1.74. The molecule has 4 rings (SSSR count). The van der Waals surface area contributed by atoms with E-state index in [1.807, 2.05) is 72.8 Å². The van der Waals surface area contributed by atoms with Crippen molar-refractivity contribution in [2.75, 3.05) is 35.7 Å². The molecule has 0 atom stereocenters. The summed E-state index contributed by atoms with van der Waals surface area (Å²) in [6.07, 6.45) is 1.85. The second-order valence-electron chi connectivity index (χ2n) is 8.61. The maximum atomic E-state index is 12.8. The standard InChI is InChI=1S/C31H31N3O3/c1-34(27-14-6-3-7-15-27)31(36)25-18-20-26(21-19-25)33-30(35)23-32-28-16-8-9-17-29(28)37-22-10-13-24-11-4-2-5-12-24/h2-9,11-12,14-21,32H,10,13,22-23H2,1H3,(H,33,35). The molecule has 2 amide bonds. The van der Waals surface area contributed by atoms with Crippen LogP contribution in [0.1, 0.15) is 22.3 Å². The van der Waals surface area contributed by atoms with Crippen molar-refractivity contribution < 1.29 is 14.3 Å². The number of benzene rings is 4. The summed E-state index contributed by atoms with van der Waals surface area (Å²) in [5.74, 6) is 0.402. The van der Waals surface area contributed by atoms with Crippen LogP contribution in [-0.2, 0) is 11.2 Å². The number of para-hydroxylation sites is 3. The average molecular weight is 494 g/mol. The predicted octanol–water partition coefficient (Wildman–Crippen LogP) is 6.03. The van der Waals surface area contributed by atoms with Crippen LogP contribution in [0.15, 0.2) is 109 Å². The number of anilines is 3. The number of nitrogens with one attached hydrogen (secondary N) is 2. The van der Waals surface area contributed by atoms with Crippen LogP contribution in [0.3, 0.4) is 0 Å². The number of carbonyl (C=O) groups is 2. The Bertz CT molecular complexity index is 1290. The molecule has 0 heterocycles. The van der Waals surface area contributed by atoms with Crippen LogP contribution >= 0.6 is 0 Å². The van der Waals surface area contributed by atoms with Crippen LogP contribution in [0.4, 0.5) is 17.1 Å². The summed E-state index contributed by atoms with van der Waals surface area (Å²) >= 11 is 0. The lowest BCUT2D eigenvalue weighted by atomic mass is 10.1. The fourth-order valence-corrected chi connectivity index (χ4v) is 3.88. The van der Waals surface area contributed by atoms with Crippen molar-refractivity contribution in [2.24, 2.45) is 0 Å². The normalized spacial score (nSPS) is 10.4. The van der Waals surface area contributed by atoms with E-state index in [0.717, 1.165) is 24.2 Å². The molecule has 0 aliphatic heterocycles. The summed E-state index contributed by atoms with van der Waals surface area (Å²) in [5, 5.41) is 6.02. The van der Waals surface area contributed by atoms with Crippen LogP contribution in [0.25, 0.3) is 0 Å². The Hall–Kier alpha value is -4.58. The first kappa shape index (κ1) is 25.5. The second-order valence-corrected chi connectivity index (χ2v) is 8.61. The van der Waals surface area contributed by atoms with Crippen molar-refractivity contribution in [3.05, 3.63) is 120 Å². The molecule has 0 bridgehead atoms. The molecule has 4 aromatic carbocycles. The van der Waals surface area contributed by atoms with Gasteiger partial charge in [-0.2, -0.15) is 0 Å². The SMILES string of the molecule is CN(C(=O)c1ccc(NC(=O)CNc2ccccc2OCCCc2ccccc2)cc1)c1ccccc1. The second kappa shape index (κ2) is 12.9. The Labute approximate surface area is 217 Å². The van der Waals surface area contributed by atoms with Gasteiger partial charge in [0, 0.05) is 24.0 Å². The lowest BCUT2D eigenvalue weighted by Gasteiger charge is -2.17. The number of hydrogen-bond donors (Lipinski definition) is 2. The molecule has 0 saturated carbocycles. The van der Waals surface area contributed by atoms with Gasteiger partial charge in [-0.3, -0.25) is 9.59 Å². The first-order chi connectivity index (χ1) is 18.1. The zero-order chi connectivity index (χ0) is 25.9. The van der Waals surface area contributed by atoms with Gasteiger partial charge in [-0.05, 0) is 66.9 Å². The summed E-state index contributed by atoms with van der Waals surface area (Å²) in [4.78, 5) is 26.9. The average Bonchev–Trinajstić information content (AvgIpc) is 2.95. The van der Waals surface area contributed by atoms with Gasteiger partial charge < -0.3 is 20.3 Å². The molecule has 0 aromatic heterocycles. The fraction of sp³-hybridized carbons (Fsp3) is 0.161. The lowest BCUT2D eigenvalue weighted by molar-refractivity contribution is -0.114. The molecule has 0 spiro atoms. The van der Waals surface area contributed by atoms with Gasteiger partial charge in [0.1, 0.15) is 5.75 Å². The zero-order valence-electron chi connectivity index (χ0n) is 20.9. The molecule has 0 aliphatic carbocycles. The van der Waals surface area contributed by atoms with E-state index in [9.17, 15) is 9.59 Å². The number of carbonyl (C=O) groups excluding carboxylic acids is 2. The first-order valence-electron chi connectivity index (χ1n) is 12.3. The third kappa shape index (κ3) is 7.45. The molecule has 37 heavy (non-hydrogen) atoms. The van der Waals surface area contributed by atoms with E-state index in [1.54, 1.807) is 36.2 Å². The molecular weight excluding hydrogens is 462 g/mol. The highest BCUT2D eigenvalue weighted by molar-refractivity contribution is 6.06. The van der Waals surface area contributed by atoms with Crippen LogP contribution in [0.2, 0.25) is 0 Å². The Morgan fingerprint density at radius 1 is 0.784 bits per heavy atom. The molecule has 0 radical (unpaired) electrons. The summed E-state index contributed by atoms with van der Waals surface area (Å²) in [6, 6.07) is 34.3. The van der Waals surface area contributed by atoms with Crippen LogP contribution in [-0.4, -0.2) is 32.0 Å². The summed E-state index contributed by atoms with van der Waals surface area (Å²) in [6.45, 7) is 0.673. The number of rotatable bonds is 11. The summed E-state index contributed by atoms with van der Waals surface area (Å²) < 4.78 is 5.97. The van der Waals surface area contributed by atoms with Gasteiger partial charge in [-0.25, -0.2) is 0 Å². The minimum Gasteiger partial charge on any atom is -0.491 e. The lowest BCUT2D eigenvalue weighted by Crippen LogP contribution is -2.26. The Balaban J connectivity index is 1.25. The molecule has 0 fully saturated rings. The van der Waals surface area contributed by atoms with Crippen molar-refractivity contribution in [2.45, 2.75) is 12.8 Å². The minimum atomic E-state index is -0.195. The van der Waals surface area contributed by atoms with Crippen molar-refractivity contribution >= 4 is 28.9 Å². The monoisotopic (exact) mass is 493 g/mol. The van der Waals surface area contributed by atoms with E-state index in [2.05, 4.69) is 22.8 Å². The van der Waals surface area contributed by atoms with E-state index in [1.165, 1.54) is 5.56 Å². The van der Waals surface area contributed by atoms with E-state index >= 15 is 0 Å². The Morgan fingerprint density at radius 3 is 2.16 bits per heavy atom. The zero-order valence-corrected chi connectivity index (χ0v) is 20.9. The number of hydrogen-bond acceptors (Lipinski definition) is 4. The van der Waals surface area contributed by atoms with Crippen molar-refractivity contribution in [1.82, 2.24) is 0 Å². The molecule has 4 aromatic rings. The van der Waals surface area contributed by atoms with Gasteiger partial charge in [0.25, 0.3) is 5.91 Å². The van der Waals surface area contributed by atoms with Gasteiger partial charge in [0.15, 0.2) is 0 Å². The topological polar surface area (TPSA) is 70.7 Å².